The van der Waals surface area contributed by atoms with Crippen LogP contribution in [0.15, 0.2) is 0 Å². The highest BCUT2D eigenvalue weighted by atomic mass is 19.4. The number of hydrogen-bond acceptors (Lipinski definition) is 2. The van der Waals surface area contributed by atoms with Crippen LogP contribution in [0.1, 0.15) is 19.8 Å². The number of carboxylic acid groups (broad SMARTS) is 1. The van der Waals surface area contributed by atoms with E-state index in [2.05, 4.69) is 0 Å². The zero-order valence-electron chi connectivity index (χ0n) is 7.97. The van der Waals surface area contributed by atoms with Gasteiger partial charge in [0.2, 0.25) is 0 Å². The fourth-order valence-electron chi connectivity index (χ4n) is 1.66. The summed E-state index contributed by atoms with van der Waals surface area (Å²) in [6.07, 6.45) is -4.70. The molecule has 0 aromatic heterocycles. The first-order chi connectivity index (χ1) is 6.69. The number of hydrogen-bond donors (Lipinski definition) is 1. The van der Waals surface area contributed by atoms with Crippen molar-refractivity contribution in [3.63, 3.8) is 0 Å². The van der Waals surface area contributed by atoms with Crippen LogP contribution in [0.5, 0.6) is 0 Å². The molecular formula is C8H10F3NO3. The second-order valence-electron chi connectivity index (χ2n) is 3.64. The van der Waals surface area contributed by atoms with Gasteiger partial charge < -0.3 is 10.0 Å². The number of rotatable bonds is 1. The molecule has 1 N–H and O–H groups in total. The fourth-order valence-corrected chi connectivity index (χ4v) is 1.66. The molecule has 0 radical (unpaired) electrons. The Labute approximate surface area is 83.7 Å². The Balaban J connectivity index is 2.96. The van der Waals surface area contributed by atoms with Crippen molar-refractivity contribution in [1.82, 2.24) is 4.90 Å². The van der Waals surface area contributed by atoms with Crippen molar-refractivity contribution in [3.8, 4) is 0 Å². The lowest BCUT2D eigenvalue weighted by atomic mass is 9.99. The van der Waals surface area contributed by atoms with Crippen LogP contribution in [0, 0.1) is 0 Å². The normalized spacial score (nSPS) is 26.8. The van der Waals surface area contributed by atoms with Crippen LogP contribution >= 0.6 is 0 Å². The third-order valence-electron chi connectivity index (χ3n) is 2.59. The molecule has 0 spiro atoms. The van der Waals surface area contributed by atoms with Crippen LogP contribution in [-0.4, -0.2) is 40.1 Å². The predicted octanol–water partition coefficient (Wildman–Crippen LogP) is 1.01. The molecule has 1 amide bonds. The van der Waals surface area contributed by atoms with Crippen molar-refractivity contribution in [2.45, 2.75) is 31.5 Å². The maximum Gasteiger partial charge on any atom is 0.471 e. The largest absolute Gasteiger partial charge is 0.480 e. The summed E-state index contributed by atoms with van der Waals surface area (Å²) in [5.74, 6) is -3.48. The number of likely N-dealkylation sites (tertiary alicyclic amines) is 1. The molecule has 1 aliphatic heterocycles. The van der Waals surface area contributed by atoms with Gasteiger partial charge in [-0.05, 0) is 19.8 Å². The molecule has 1 aliphatic rings. The van der Waals surface area contributed by atoms with Crippen LogP contribution in [0.25, 0.3) is 0 Å². The molecule has 7 heteroatoms. The lowest BCUT2D eigenvalue weighted by Crippen LogP contribution is -2.54. The van der Waals surface area contributed by atoms with Crippen LogP contribution in [0.2, 0.25) is 0 Å². The van der Waals surface area contributed by atoms with Crippen molar-refractivity contribution in [1.29, 1.82) is 0 Å². The van der Waals surface area contributed by atoms with E-state index >= 15 is 0 Å². The third-order valence-corrected chi connectivity index (χ3v) is 2.59. The molecule has 86 valence electrons. The number of carboxylic acids is 1. The molecule has 4 nitrogen and oxygen atoms in total. The van der Waals surface area contributed by atoms with Crippen molar-refractivity contribution >= 4 is 11.9 Å². The molecule has 1 rings (SSSR count). The van der Waals surface area contributed by atoms with E-state index < -0.39 is 23.6 Å². The Morgan fingerprint density at radius 2 is 1.93 bits per heavy atom. The Hall–Kier alpha value is -1.27. The van der Waals surface area contributed by atoms with E-state index in [1.165, 1.54) is 0 Å². The standard InChI is InChI=1S/C8H10F3NO3/c1-7(6(14)15)3-2-4-12(7)5(13)8(9,10)11/h2-4H2,1H3,(H,14,15)/t7-/m1/s1. The number of nitrogens with zero attached hydrogens (tertiary/aromatic N) is 1. The summed E-state index contributed by atoms with van der Waals surface area (Å²) in [7, 11) is 0. The van der Waals surface area contributed by atoms with Crippen LogP contribution < -0.4 is 0 Å². The van der Waals surface area contributed by atoms with Crippen LogP contribution in [0.4, 0.5) is 13.2 Å². The van der Waals surface area contributed by atoms with Gasteiger partial charge in [0.1, 0.15) is 5.54 Å². The third kappa shape index (κ3) is 1.91. The minimum atomic E-state index is -5.01. The number of alkyl halides is 3. The Kier molecular flexibility index (Phi) is 2.67. The van der Waals surface area contributed by atoms with E-state index in [4.69, 9.17) is 5.11 Å². The lowest BCUT2D eigenvalue weighted by molar-refractivity contribution is -0.191. The predicted molar refractivity (Wildman–Crippen MR) is 43.0 cm³/mol. The molecule has 0 bridgehead atoms. The van der Waals surface area contributed by atoms with Gasteiger partial charge in [-0.25, -0.2) is 4.79 Å². The van der Waals surface area contributed by atoms with Gasteiger partial charge >= 0.3 is 18.1 Å². The van der Waals surface area contributed by atoms with E-state index in [1.54, 1.807) is 0 Å². The molecule has 0 unspecified atom stereocenters. The number of aliphatic carboxylic acids is 1. The molecular weight excluding hydrogens is 215 g/mol. The molecule has 0 aromatic rings. The second-order valence-corrected chi connectivity index (χ2v) is 3.64. The molecule has 0 aromatic carbocycles. The van der Waals surface area contributed by atoms with Gasteiger partial charge in [0.15, 0.2) is 0 Å². The van der Waals surface area contributed by atoms with Crippen molar-refractivity contribution < 1.29 is 27.9 Å². The molecule has 15 heavy (non-hydrogen) atoms. The molecule has 1 saturated heterocycles. The molecule has 1 heterocycles. The van der Waals surface area contributed by atoms with Gasteiger partial charge in [-0.1, -0.05) is 0 Å². The van der Waals surface area contributed by atoms with Crippen LogP contribution in [-0.2, 0) is 9.59 Å². The molecule has 0 saturated carbocycles. The monoisotopic (exact) mass is 225 g/mol. The quantitative estimate of drug-likeness (QED) is 0.724. The molecule has 0 aliphatic carbocycles. The van der Waals surface area contributed by atoms with Gasteiger partial charge in [0.25, 0.3) is 0 Å². The Bertz CT molecular complexity index is 302. The highest BCUT2D eigenvalue weighted by Gasteiger charge is 2.53. The minimum Gasteiger partial charge on any atom is -0.480 e. The van der Waals surface area contributed by atoms with Gasteiger partial charge in [-0.15, -0.1) is 0 Å². The zero-order valence-corrected chi connectivity index (χ0v) is 7.97. The Morgan fingerprint density at radius 1 is 1.40 bits per heavy atom. The van der Waals surface area contributed by atoms with Gasteiger partial charge in [0, 0.05) is 6.54 Å². The minimum absolute atomic E-state index is 0.0458. The van der Waals surface area contributed by atoms with E-state index in [1.807, 2.05) is 0 Å². The summed E-state index contributed by atoms with van der Waals surface area (Å²) >= 11 is 0. The fraction of sp³-hybridized carbons (Fsp3) is 0.750. The van der Waals surface area contributed by atoms with Crippen molar-refractivity contribution in [3.05, 3.63) is 0 Å². The lowest BCUT2D eigenvalue weighted by Gasteiger charge is -2.31. The highest BCUT2D eigenvalue weighted by Crippen LogP contribution is 2.33. The number of halogens is 3. The first kappa shape index (κ1) is 11.8. The summed E-state index contributed by atoms with van der Waals surface area (Å²) in [6.45, 7) is 0.965. The smallest absolute Gasteiger partial charge is 0.471 e. The first-order valence-electron chi connectivity index (χ1n) is 4.32. The molecule has 1 atom stereocenters. The maximum atomic E-state index is 12.1. The van der Waals surface area contributed by atoms with Gasteiger partial charge in [-0.2, -0.15) is 13.2 Å². The van der Waals surface area contributed by atoms with E-state index in [9.17, 15) is 22.8 Å². The summed E-state index contributed by atoms with van der Waals surface area (Å²) < 4.78 is 36.4. The summed E-state index contributed by atoms with van der Waals surface area (Å²) in [6, 6.07) is 0. The number of amides is 1. The van der Waals surface area contributed by atoms with Crippen molar-refractivity contribution in [2.24, 2.45) is 0 Å². The zero-order chi connectivity index (χ0) is 11.9. The average Bonchev–Trinajstić information content (AvgIpc) is 2.45. The van der Waals surface area contributed by atoms with E-state index in [0.29, 0.717) is 4.90 Å². The van der Waals surface area contributed by atoms with Crippen LogP contribution in [0.3, 0.4) is 0 Å². The molecule has 1 fully saturated rings. The Morgan fingerprint density at radius 3 is 2.33 bits per heavy atom. The maximum absolute atomic E-state index is 12.1. The number of carbonyl (C=O) groups excluding carboxylic acids is 1. The summed E-state index contributed by atoms with van der Waals surface area (Å²) in [5.41, 5.74) is -1.73. The SMILES string of the molecule is C[C@]1(C(=O)O)CCCN1C(=O)C(F)(F)F. The first-order valence-corrected chi connectivity index (χ1v) is 4.32. The second kappa shape index (κ2) is 3.39. The van der Waals surface area contributed by atoms with Gasteiger partial charge in [-0.3, -0.25) is 4.79 Å². The highest BCUT2D eigenvalue weighted by molar-refractivity contribution is 5.90. The van der Waals surface area contributed by atoms with E-state index in [0.717, 1.165) is 6.92 Å². The summed E-state index contributed by atoms with van der Waals surface area (Å²) in [5, 5.41) is 8.80. The average molecular weight is 225 g/mol. The topological polar surface area (TPSA) is 57.6 Å². The van der Waals surface area contributed by atoms with E-state index in [-0.39, 0.29) is 19.4 Å². The number of carbonyl (C=O) groups is 2. The summed E-state index contributed by atoms with van der Waals surface area (Å²) in [4.78, 5) is 22.1. The van der Waals surface area contributed by atoms with Gasteiger partial charge in [0.05, 0.1) is 0 Å². The van der Waals surface area contributed by atoms with Crippen molar-refractivity contribution in [2.75, 3.05) is 6.54 Å².